The van der Waals surface area contributed by atoms with Crippen LogP contribution in [0.5, 0.6) is 0 Å². The van der Waals surface area contributed by atoms with Gasteiger partial charge in [0.05, 0.1) is 0 Å². The Morgan fingerprint density at radius 2 is 1.71 bits per heavy atom. The number of halogens is 2. The number of thiophene rings is 1. The molecule has 96 valence electrons. The molecule has 17 heavy (non-hydrogen) atoms. The molecule has 0 unspecified atom stereocenters. The Balaban J connectivity index is -0.000000252. The monoisotopic (exact) mass is 386 g/mol. The molecule has 1 aliphatic rings. The predicted octanol–water partition coefficient (Wildman–Crippen LogP) is -3.02. The van der Waals surface area contributed by atoms with E-state index in [1.807, 2.05) is 24.4 Å². The second-order valence-corrected chi connectivity index (χ2v) is 7.48. The van der Waals surface area contributed by atoms with Gasteiger partial charge in [0.1, 0.15) is 0 Å². The number of rotatable bonds is 0. The number of hydrogen-bond acceptors (Lipinski definition) is 2. The fourth-order valence-electron chi connectivity index (χ4n) is 1.42. The molecule has 6 heteroatoms. The van der Waals surface area contributed by atoms with Gasteiger partial charge in [-0.05, 0) is 51.1 Å². The normalized spacial score (nSPS) is 11.1. The van der Waals surface area contributed by atoms with E-state index >= 15 is 0 Å². The summed E-state index contributed by atoms with van der Waals surface area (Å²) in [5.41, 5.74) is 3.03. The third-order valence-electron chi connectivity index (χ3n) is 1.81. The van der Waals surface area contributed by atoms with Crippen molar-refractivity contribution in [2.24, 2.45) is 0 Å². The van der Waals surface area contributed by atoms with Crippen LogP contribution in [0.1, 0.15) is 22.2 Å². The first-order chi connectivity index (χ1) is 6.49. The summed E-state index contributed by atoms with van der Waals surface area (Å²) < 4.78 is 0. The third kappa shape index (κ3) is 8.74. The molecule has 0 aliphatic heterocycles. The summed E-state index contributed by atoms with van der Waals surface area (Å²) in [5, 5.41) is 0. The van der Waals surface area contributed by atoms with E-state index in [0.717, 1.165) is 0 Å². The molecule has 2 rings (SSSR count). The summed E-state index contributed by atoms with van der Waals surface area (Å²) in [4.78, 5) is 11.1. The van der Waals surface area contributed by atoms with Crippen LogP contribution in [0.3, 0.4) is 0 Å². The molecule has 1 N–H and O–H groups in total. The van der Waals surface area contributed by atoms with Crippen LogP contribution < -0.4 is 24.8 Å². The molecule has 1 aromatic heterocycles. The van der Waals surface area contributed by atoms with E-state index in [9.17, 15) is 0 Å². The molecule has 1 aliphatic carbocycles. The first kappa shape index (κ1) is 23.2. The van der Waals surface area contributed by atoms with Gasteiger partial charge in [-0.2, -0.15) is 0 Å². The first-order valence-corrected chi connectivity index (χ1v) is 8.58. The number of aryl methyl sites for hydroxylation is 1. The van der Waals surface area contributed by atoms with Gasteiger partial charge in [-0.3, -0.25) is 0 Å². The number of allylic oxidation sites excluding steroid dienone is 1. The summed E-state index contributed by atoms with van der Waals surface area (Å²) in [5.74, 6) is 0. The molecule has 1 heterocycles. The summed E-state index contributed by atoms with van der Waals surface area (Å²) in [7, 11) is -1.14. The zero-order valence-corrected chi connectivity index (χ0v) is 16.5. The Morgan fingerprint density at radius 3 is 2.12 bits per heavy atom. The maximum Gasteiger partial charge on any atom is 2.00 e. The quantitative estimate of drug-likeness (QED) is 0.470. The molecule has 0 radical (unpaired) electrons. The summed E-state index contributed by atoms with van der Waals surface area (Å²) in [6, 6.07) is 2.30. The topological polar surface area (TPSA) is 20.2 Å². The average molecular weight is 389 g/mol. The number of fused-ring (bicyclic) bond motifs is 1. The molecular weight excluding hydrogens is 370 g/mol. The Bertz CT molecular complexity index is 350. The van der Waals surface area contributed by atoms with E-state index in [4.69, 9.17) is 4.80 Å². The zero-order valence-electron chi connectivity index (χ0n) is 10.6. The van der Waals surface area contributed by atoms with Crippen molar-refractivity contribution in [3.63, 3.8) is 0 Å². The smallest absolute Gasteiger partial charge is 1.00 e. The maximum absolute atomic E-state index is 8.19. The molecular formula is C11H18Cl2OSSiZr. The van der Waals surface area contributed by atoms with Crippen LogP contribution in [-0.4, -0.2) is 13.8 Å². The summed E-state index contributed by atoms with van der Waals surface area (Å²) in [6.45, 7) is 8.09. The van der Waals surface area contributed by atoms with E-state index in [-0.39, 0.29) is 51.0 Å². The summed E-state index contributed by atoms with van der Waals surface area (Å²) >= 11 is 1.90. The minimum Gasteiger partial charge on any atom is -1.00 e. The number of hydrogen-bond donors (Lipinski definition) is 1. The van der Waals surface area contributed by atoms with Crippen LogP contribution in [0.15, 0.2) is 11.6 Å². The Kier molecular flexibility index (Phi) is 14.9. The van der Waals surface area contributed by atoms with Crippen molar-refractivity contribution in [1.29, 1.82) is 0 Å². The van der Waals surface area contributed by atoms with Gasteiger partial charge in [0, 0.05) is 9.75 Å². The minimum absolute atomic E-state index is 0. The second-order valence-electron chi connectivity index (χ2n) is 4.01. The molecule has 0 saturated heterocycles. The van der Waals surface area contributed by atoms with Crippen molar-refractivity contribution in [2.75, 3.05) is 0 Å². The largest absolute Gasteiger partial charge is 2.00 e. The van der Waals surface area contributed by atoms with Crippen molar-refractivity contribution in [3.05, 3.63) is 27.0 Å². The molecule has 0 aromatic carbocycles. The van der Waals surface area contributed by atoms with Crippen LogP contribution in [0.25, 0.3) is 6.08 Å². The molecule has 0 saturated carbocycles. The molecule has 0 spiro atoms. The van der Waals surface area contributed by atoms with Gasteiger partial charge in [-0.15, -0.1) is 11.3 Å². The SMILES string of the molecule is CC1=Cc2sc(C)cc2C1.C[SiH](C)O.[Cl-].[Cl-].[Zr+2]. The maximum atomic E-state index is 8.19. The fourth-order valence-corrected chi connectivity index (χ4v) is 2.49. The molecule has 0 atom stereocenters. The van der Waals surface area contributed by atoms with E-state index in [0.29, 0.717) is 0 Å². The van der Waals surface area contributed by atoms with E-state index in [1.165, 1.54) is 27.3 Å². The summed E-state index contributed by atoms with van der Waals surface area (Å²) in [6.07, 6.45) is 3.48. The fraction of sp³-hybridized carbons (Fsp3) is 0.455. The molecule has 0 bridgehead atoms. The zero-order chi connectivity index (χ0) is 10.7. The Labute approximate surface area is 141 Å². The van der Waals surface area contributed by atoms with Crippen molar-refractivity contribution in [2.45, 2.75) is 33.4 Å². The van der Waals surface area contributed by atoms with Gasteiger partial charge < -0.3 is 29.6 Å². The van der Waals surface area contributed by atoms with Crippen LogP contribution in [0.4, 0.5) is 0 Å². The minimum atomic E-state index is -1.14. The van der Waals surface area contributed by atoms with Gasteiger partial charge >= 0.3 is 26.2 Å². The van der Waals surface area contributed by atoms with Gasteiger partial charge in [0.25, 0.3) is 0 Å². The van der Waals surface area contributed by atoms with Crippen molar-refractivity contribution >= 4 is 26.5 Å². The van der Waals surface area contributed by atoms with Gasteiger partial charge in [-0.1, -0.05) is 5.57 Å². The van der Waals surface area contributed by atoms with Crippen LogP contribution >= 0.6 is 11.3 Å². The van der Waals surface area contributed by atoms with Crippen LogP contribution in [0.2, 0.25) is 13.1 Å². The van der Waals surface area contributed by atoms with Crippen molar-refractivity contribution in [1.82, 2.24) is 0 Å². The van der Waals surface area contributed by atoms with E-state index in [1.54, 1.807) is 0 Å². The standard InChI is InChI=1S/C9H10S.C2H8OSi.2ClH.Zr/c1-6-3-8-5-7(2)10-9(8)4-6;1-4(2)3;;;/h4-5H,3H2,1-2H3;3-4H,1-2H3;2*1H;/q;;;;+2/p-2. The van der Waals surface area contributed by atoms with E-state index in [2.05, 4.69) is 26.0 Å². The van der Waals surface area contributed by atoms with Gasteiger partial charge in [-0.25, -0.2) is 0 Å². The Morgan fingerprint density at radius 1 is 1.24 bits per heavy atom. The average Bonchev–Trinajstić information content (AvgIpc) is 2.41. The second kappa shape index (κ2) is 11.0. The van der Waals surface area contributed by atoms with Crippen molar-refractivity contribution in [3.8, 4) is 0 Å². The van der Waals surface area contributed by atoms with Crippen LogP contribution in [-0.2, 0) is 32.6 Å². The van der Waals surface area contributed by atoms with Gasteiger partial charge in [0.2, 0.25) is 0 Å². The third-order valence-corrected chi connectivity index (χ3v) is 2.85. The van der Waals surface area contributed by atoms with Crippen molar-refractivity contribution < 1.29 is 55.8 Å². The molecule has 0 fully saturated rings. The predicted molar refractivity (Wildman–Crippen MR) is 67.5 cm³/mol. The first-order valence-electron chi connectivity index (χ1n) is 4.93. The molecule has 1 aromatic rings. The molecule has 0 amide bonds. The van der Waals surface area contributed by atoms with Crippen LogP contribution in [0, 0.1) is 6.92 Å². The van der Waals surface area contributed by atoms with Gasteiger partial charge in [0.15, 0.2) is 9.04 Å². The van der Waals surface area contributed by atoms with E-state index < -0.39 is 9.04 Å². The molecule has 1 nitrogen and oxygen atoms in total. The Hall–Kier alpha value is 1.08.